The van der Waals surface area contributed by atoms with Gasteiger partial charge in [0.05, 0.1) is 22.6 Å². The Bertz CT molecular complexity index is 564. The van der Waals surface area contributed by atoms with Gasteiger partial charge in [-0.2, -0.15) is 5.10 Å². The van der Waals surface area contributed by atoms with Crippen LogP contribution in [0, 0.1) is 0 Å². The van der Waals surface area contributed by atoms with E-state index < -0.39 is 0 Å². The maximum absolute atomic E-state index is 11.4. The summed E-state index contributed by atoms with van der Waals surface area (Å²) in [6.07, 6.45) is 3.17. The van der Waals surface area contributed by atoms with Crippen LogP contribution in [0.5, 0.6) is 0 Å². The van der Waals surface area contributed by atoms with Crippen molar-refractivity contribution < 1.29 is 4.79 Å². The summed E-state index contributed by atoms with van der Waals surface area (Å²) in [5.41, 5.74) is 7.53. The van der Waals surface area contributed by atoms with Crippen molar-refractivity contribution in [2.24, 2.45) is 0 Å². The summed E-state index contributed by atoms with van der Waals surface area (Å²) in [6, 6.07) is 5.01. The highest BCUT2D eigenvalue weighted by atomic mass is 35.5. The van der Waals surface area contributed by atoms with Crippen molar-refractivity contribution in [1.29, 1.82) is 0 Å². The van der Waals surface area contributed by atoms with Crippen LogP contribution in [0.2, 0.25) is 5.02 Å². The number of nitrogens with two attached hydrogens (primary N) is 1. The van der Waals surface area contributed by atoms with Gasteiger partial charge in [-0.05, 0) is 18.2 Å². The molecule has 0 bridgehead atoms. The number of nitrogens with one attached hydrogen (secondary N) is 1. The van der Waals surface area contributed by atoms with Crippen molar-refractivity contribution in [2.45, 2.75) is 0 Å². The highest BCUT2D eigenvalue weighted by molar-refractivity contribution is 6.30. The van der Waals surface area contributed by atoms with E-state index in [-0.39, 0.29) is 5.91 Å². The summed E-state index contributed by atoms with van der Waals surface area (Å²) in [5.74, 6) is -0.179. The van der Waals surface area contributed by atoms with Gasteiger partial charge in [-0.25, -0.2) is 4.68 Å². The van der Waals surface area contributed by atoms with Crippen LogP contribution in [0.4, 0.5) is 5.69 Å². The van der Waals surface area contributed by atoms with Gasteiger partial charge < -0.3 is 11.1 Å². The van der Waals surface area contributed by atoms with E-state index in [4.69, 9.17) is 17.3 Å². The van der Waals surface area contributed by atoms with Crippen LogP contribution in [0.3, 0.4) is 0 Å². The van der Waals surface area contributed by atoms with Crippen LogP contribution in [-0.4, -0.2) is 22.7 Å². The molecule has 5 nitrogen and oxygen atoms in total. The average molecular weight is 251 g/mol. The minimum Gasteiger partial charge on any atom is -0.397 e. The lowest BCUT2D eigenvalue weighted by Gasteiger charge is -2.07. The molecule has 1 aromatic carbocycles. The Morgan fingerprint density at radius 3 is 2.82 bits per heavy atom. The van der Waals surface area contributed by atoms with Gasteiger partial charge in [-0.15, -0.1) is 0 Å². The number of anilines is 1. The molecule has 0 atom stereocenters. The topological polar surface area (TPSA) is 72.9 Å². The Hall–Kier alpha value is -2.01. The van der Waals surface area contributed by atoms with Crippen LogP contribution in [0.1, 0.15) is 10.4 Å². The van der Waals surface area contributed by atoms with E-state index in [2.05, 4.69) is 10.4 Å². The van der Waals surface area contributed by atoms with E-state index in [0.29, 0.717) is 22.0 Å². The molecule has 0 radical (unpaired) electrons. The second-order valence-corrected chi connectivity index (χ2v) is 3.89. The first kappa shape index (κ1) is 11.5. The van der Waals surface area contributed by atoms with Crippen molar-refractivity contribution in [3.05, 3.63) is 41.2 Å². The molecule has 1 aromatic heterocycles. The fraction of sp³-hybridized carbons (Fsp3) is 0.0909. The molecule has 3 N–H and O–H groups in total. The minimum absolute atomic E-state index is 0.179. The zero-order valence-electron chi connectivity index (χ0n) is 9.14. The van der Waals surface area contributed by atoms with Gasteiger partial charge in [0.25, 0.3) is 5.91 Å². The predicted molar refractivity (Wildman–Crippen MR) is 66.4 cm³/mol. The Balaban J connectivity index is 2.41. The number of benzene rings is 1. The van der Waals surface area contributed by atoms with E-state index in [0.717, 1.165) is 0 Å². The molecule has 2 rings (SSSR count). The van der Waals surface area contributed by atoms with Gasteiger partial charge >= 0.3 is 0 Å². The molecule has 0 fully saturated rings. The molecule has 6 heteroatoms. The number of hydrogen-bond donors (Lipinski definition) is 2. The van der Waals surface area contributed by atoms with Gasteiger partial charge in [-0.3, -0.25) is 4.79 Å². The lowest BCUT2D eigenvalue weighted by molar-refractivity contribution is 0.0963. The van der Waals surface area contributed by atoms with E-state index in [1.165, 1.54) is 6.20 Å². The number of aromatic nitrogens is 2. The van der Waals surface area contributed by atoms with Crippen molar-refractivity contribution in [3.63, 3.8) is 0 Å². The molecular formula is C11H11ClN4O. The first-order chi connectivity index (χ1) is 8.11. The molecule has 2 aromatic rings. The highest BCUT2D eigenvalue weighted by Gasteiger charge is 2.08. The molecule has 0 spiro atoms. The van der Waals surface area contributed by atoms with Gasteiger partial charge in [0.15, 0.2) is 0 Å². The monoisotopic (exact) mass is 250 g/mol. The first-order valence-corrected chi connectivity index (χ1v) is 5.32. The summed E-state index contributed by atoms with van der Waals surface area (Å²) in [6.45, 7) is 0. The largest absolute Gasteiger partial charge is 0.397 e. The van der Waals surface area contributed by atoms with Gasteiger partial charge in [0.1, 0.15) is 0 Å². The fourth-order valence-corrected chi connectivity index (χ4v) is 1.62. The normalized spacial score (nSPS) is 10.2. The highest BCUT2D eigenvalue weighted by Crippen LogP contribution is 2.19. The zero-order chi connectivity index (χ0) is 12.4. The zero-order valence-corrected chi connectivity index (χ0v) is 9.90. The number of nitrogens with zero attached hydrogens (tertiary/aromatic N) is 2. The average Bonchev–Trinajstić information content (AvgIpc) is 2.74. The predicted octanol–water partition coefficient (Wildman–Crippen LogP) is 1.47. The quantitative estimate of drug-likeness (QED) is 0.793. The maximum atomic E-state index is 11.4. The van der Waals surface area contributed by atoms with E-state index in [1.807, 2.05) is 0 Å². The van der Waals surface area contributed by atoms with E-state index in [1.54, 1.807) is 36.1 Å². The van der Waals surface area contributed by atoms with Crippen LogP contribution in [0.25, 0.3) is 5.69 Å². The summed E-state index contributed by atoms with van der Waals surface area (Å²) >= 11 is 5.78. The summed E-state index contributed by atoms with van der Waals surface area (Å²) in [4.78, 5) is 11.4. The maximum Gasteiger partial charge on any atom is 0.251 e. The Morgan fingerprint density at radius 2 is 2.29 bits per heavy atom. The molecule has 0 saturated heterocycles. The number of rotatable bonds is 2. The third-order valence-corrected chi connectivity index (χ3v) is 2.51. The molecule has 0 unspecified atom stereocenters. The minimum atomic E-state index is -0.179. The SMILES string of the molecule is CNC(=O)c1ccc(-n2cc(Cl)cn2)c(N)c1. The molecule has 88 valence electrons. The second-order valence-electron chi connectivity index (χ2n) is 3.46. The van der Waals surface area contributed by atoms with Gasteiger partial charge in [-0.1, -0.05) is 11.6 Å². The molecule has 17 heavy (non-hydrogen) atoms. The van der Waals surface area contributed by atoms with E-state index in [9.17, 15) is 4.79 Å². The summed E-state index contributed by atoms with van der Waals surface area (Å²) in [7, 11) is 1.57. The first-order valence-electron chi connectivity index (χ1n) is 4.94. The third-order valence-electron chi connectivity index (χ3n) is 2.31. The van der Waals surface area contributed by atoms with Crippen molar-refractivity contribution in [2.75, 3.05) is 12.8 Å². The number of hydrogen-bond acceptors (Lipinski definition) is 3. The summed E-state index contributed by atoms with van der Waals surface area (Å²) < 4.78 is 1.56. The lowest BCUT2D eigenvalue weighted by atomic mass is 10.1. The van der Waals surface area contributed by atoms with Crippen LogP contribution < -0.4 is 11.1 Å². The van der Waals surface area contributed by atoms with Crippen LogP contribution in [0.15, 0.2) is 30.6 Å². The number of carbonyl (C=O) groups excluding carboxylic acids is 1. The molecule has 1 heterocycles. The lowest BCUT2D eigenvalue weighted by Crippen LogP contribution is -2.18. The second kappa shape index (κ2) is 4.47. The Kier molecular flexibility index (Phi) is 3.01. The standard InChI is InChI=1S/C11H11ClN4O/c1-14-11(17)7-2-3-10(9(13)4-7)16-6-8(12)5-15-16/h2-6H,13H2,1H3,(H,14,17). The number of nitrogen functional groups attached to an aromatic ring is 1. The van der Waals surface area contributed by atoms with Crippen molar-refractivity contribution in [1.82, 2.24) is 15.1 Å². The number of carbonyl (C=O) groups is 1. The molecular weight excluding hydrogens is 240 g/mol. The molecule has 0 aliphatic rings. The van der Waals surface area contributed by atoms with Gasteiger partial charge in [0.2, 0.25) is 0 Å². The fourth-order valence-electron chi connectivity index (χ4n) is 1.48. The number of halogens is 1. The van der Waals surface area contributed by atoms with E-state index >= 15 is 0 Å². The molecule has 0 aliphatic carbocycles. The Morgan fingerprint density at radius 1 is 1.53 bits per heavy atom. The molecule has 0 aliphatic heterocycles. The molecule has 0 saturated carbocycles. The van der Waals surface area contributed by atoms with Crippen molar-refractivity contribution in [3.8, 4) is 5.69 Å². The van der Waals surface area contributed by atoms with Crippen LogP contribution in [-0.2, 0) is 0 Å². The third kappa shape index (κ3) is 2.24. The molecule has 1 amide bonds. The van der Waals surface area contributed by atoms with Crippen molar-refractivity contribution >= 4 is 23.2 Å². The smallest absolute Gasteiger partial charge is 0.251 e. The Labute approximate surface area is 103 Å². The van der Waals surface area contributed by atoms with Crippen LogP contribution >= 0.6 is 11.6 Å². The summed E-state index contributed by atoms with van der Waals surface area (Å²) in [5, 5.41) is 7.11. The van der Waals surface area contributed by atoms with Gasteiger partial charge in [0, 0.05) is 18.8 Å². The number of amides is 1.